The topological polar surface area (TPSA) is 66.5 Å². The molecule has 0 radical (unpaired) electrons. The van der Waals surface area contributed by atoms with Crippen molar-refractivity contribution in [2.75, 3.05) is 13.1 Å². The fourth-order valence-electron chi connectivity index (χ4n) is 1.59. The van der Waals surface area contributed by atoms with Gasteiger partial charge in [-0.2, -0.15) is 0 Å². The second kappa shape index (κ2) is 4.55. The zero-order chi connectivity index (χ0) is 12.4. The van der Waals surface area contributed by atoms with E-state index in [0.29, 0.717) is 5.02 Å². The maximum Gasteiger partial charge on any atom is 0.256 e. The van der Waals surface area contributed by atoms with Gasteiger partial charge in [0.05, 0.1) is 10.6 Å². The Bertz CT molecular complexity index is 485. The van der Waals surface area contributed by atoms with Crippen molar-refractivity contribution in [2.24, 2.45) is 0 Å². The molecule has 2 rings (SSSR count). The molecule has 5 nitrogen and oxygen atoms in total. The van der Waals surface area contributed by atoms with Crippen LogP contribution in [0.25, 0.3) is 0 Å². The van der Waals surface area contributed by atoms with Crippen LogP contribution in [0.1, 0.15) is 10.4 Å². The van der Waals surface area contributed by atoms with Crippen LogP contribution in [0.5, 0.6) is 0 Å². The second-order valence-electron chi connectivity index (χ2n) is 3.61. The third kappa shape index (κ3) is 2.45. The van der Waals surface area contributed by atoms with Crippen LogP contribution in [0.4, 0.5) is 0 Å². The molecule has 0 spiro atoms. The van der Waals surface area contributed by atoms with Gasteiger partial charge in [0.1, 0.15) is 13.1 Å². The Labute approximate surface area is 102 Å². The Morgan fingerprint density at radius 2 is 1.76 bits per heavy atom. The molecule has 1 heterocycles. The molecule has 1 aliphatic heterocycles. The number of hydrogen-bond acceptors (Lipinski definition) is 3. The van der Waals surface area contributed by atoms with Gasteiger partial charge in [0.2, 0.25) is 11.8 Å². The summed E-state index contributed by atoms with van der Waals surface area (Å²) < 4.78 is 0. The highest BCUT2D eigenvalue weighted by molar-refractivity contribution is 6.33. The first-order valence-corrected chi connectivity index (χ1v) is 5.32. The normalized spacial score (nSPS) is 15.7. The van der Waals surface area contributed by atoms with Crippen LogP contribution in [0.3, 0.4) is 0 Å². The Kier molecular flexibility index (Phi) is 3.10. The number of nitrogens with one attached hydrogen (secondary N) is 1. The first-order valence-electron chi connectivity index (χ1n) is 4.94. The molecule has 88 valence electrons. The van der Waals surface area contributed by atoms with Gasteiger partial charge in [0.15, 0.2) is 0 Å². The summed E-state index contributed by atoms with van der Waals surface area (Å²) in [5.41, 5.74) is 0.289. The first kappa shape index (κ1) is 11.6. The van der Waals surface area contributed by atoms with Crippen LogP contribution in [0.15, 0.2) is 24.3 Å². The number of piperazine rings is 1. The number of amides is 3. The van der Waals surface area contributed by atoms with Gasteiger partial charge in [0, 0.05) is 0 Å². The third-order valence-electron chi connectivity index (χ3n) is 2.34. The second-order valence-corrected chi connectivity index (χ2v) is 4.02. The van der Waals surface area contributed by atoms with E-state index in [-0.39, 0.29) is 18.7 Å². The van der Waals surface area contributed by atoms with Gasteiger partial charge >= 0.3 is 0 Å². The van der Waals surface area contributed by atoms with Gasteiger partial charge in [-0.05, 0) is 12.1 Å². The van der Waals surface area contributed by atoms with E-state index in [1.165, 1.54) is 4.90 Å². The van der Waals surface area contributed by atoms with E-state index < -0.39 is 17.7 Å². The van der Waals surface area contributed by atoms with E-state index in [2.05, 4.69) is 5.32 Å². The van der Waals surface area contributed by atoms with E-state index in [1.54, 1.807) is 24.3 Å². The molecule has 1 aromatic rings. The number of benzene rings is 1. The molecule has 6 heteroatoms. The molecular weight excluding hydrogens is 244 g/mol. The van der Waals surface area contributed by atoms with Crippen LogP contribution < -0.4 is 5.32 Å². The number of nitrogens with zero attached hydrogens (tertiary/aromatic N) is 1. The predicted molar refractivity (Wildman–Crippen MR) is 60.5 cm³/mol. The molecule has 1 aromatic carbocycles. The van der Waals surface area contributed by atoms with Crippen LogP contribution >= 0.6 is 11.6 Å². The number of imide groups is 1. The minimum atomic E-state index is -0.485. The minimum Gasteiger partial charge on any atom is -0.320 e. The molecule has 0 bridgehead atoms. The molecule has 1 N–H and O–H groups in total. The fraction of sp³-hybridized carbons (Fsp3) is 0.182. The molecule has 1 saturated heterocycles. The average molecular weight is 253 g/mol. The van der Waals surface area contributed by atoms with Crippen molar-refractivity contribution in [3.8, 4) is 0 Å². The quantitative estimate of drug-likeness (QED) is 0.738. The maximum absolute atomic E-state index is 12.0. The Morgan fingerprint density at radius 1 is 1.18 bits per heavy atom. The highest BCUT2D eigenvalue weighted by Crippen LogP contribution is 2.17. The summed E-state index contributed by atoms with van der Waals surface area (Å²) in [5, 5.41) is 2.43. The van der Waals surface area contributed by atoms with E-state index >= 15 is 0 Å². The summed E-state index contributed by atoms with van der Waals surface area (Å²) in [4.78, 5) is 35.5. The summed E-state index contributed by atoms with van der Waals surface area (Å²) in [6, 6.07) is 6.51. The molecule has 3 amide bonds. The summed E-state index contributed by atoms with van der Waals surface area (Å²) in [6.07, 6.45) is 0. The van der Waals surface area contributed by atoms with E-state index in [4.69, 9.17) is 11.6 Å². The molecule has 0 saturated carbocycles. The lowest BCUT2D eigenvalue weighted by Gasteiger charge is -2.25. The van der Waals surface area contributed by atoms with Gasteiger partial charge in [-0.1, -0.05) is 23.7 Å². The summed E-state index contributed by atoms with van der Waals surface area (Å²) in [7, 11) is 0. The summed E-state index contributed by atoms with van der Waals surface area (Å²) >= 11 is 5.88. The lowest BCUT2D eigenvalue weighted by Crippen LogP contribution is -2.53. The van der Waals surface area contributed by atoms with Crippen LogP contribution in [-0.4, -0.2) is 35.7 Å². The zero-order valence-electron chi connectivity index (χ0n) is 8.77. The number of carbonyl (C=O) groups is 3. The van der Waals surface area contributed by atoms with Crippen molar-refractivity contribution < 1.29 is 14.4 Å². The van der Waals surface area contributed by atoms with Crippen LogP contribution in [-0.2, 0) is 9.59 Å². The molecule has 17 heavy (non-hydrogen) atoms. The number of hydrogen-bond donors (Lipinski definition) is 1. The SMILES string of the molecule is O=C1CN(C(=O)c2ccccc2Cl)CC(=O)N1. The Balaban J connectivity index is 2.23. The van der Waals surface area contributed by atoms with Crippen molar-refractivity contribution in [1.29, 1.82) is 0 Å². The number of carbonyl (C=O) groups excluding carboxylic acids is 3. The molecule has 0 aromatic heterocycles. The molecule has 0 unspecified atom stereocenters. The lowest BCUT2D eigenvalue weighted by atomic mass is 10.2. The minimum absolute atomic E-state index is 0.129. The summed E-state index contributed by atoms with van der Waals surface area (Å²) in [5.74, 6) is -1.39. The van der Waals surface area contributed by atoms with Gasteiger partial charge in [-0.25, -0.2) is 0 Å². The van der Waals surface area contributed by atoms with Gasteiger partial charge in [-0.15, -0.1) is 0 Å². The van der Waals surface area contributed by atoms with Crippen molar-refractivity contribution >= 4 is 29.3 Å². The summed E-state index contributed by atoms with van der Waals surface area (Å²) in [6.45, 7) is -0.258. The largest absolute Gasteiger partial charge is 0.320 e. The highest BCUT2D eigenvalue weighted by Gasteiger charge is 2.27. The average Bonchev–Trinajstić information content (AvgIpc) is 2.27. The third-order valence-corrected chi connectivity index (χ3v) is 2.67. The molecule has 0 aliphatic carbocycles. The maximum atomic E-state index is 12.0. The molecule has 1 aliphatic rings. The first-order chi connectivity index (χ1) is 8.08. The van der Waals surface area contributed by atoms with Crippen molar-refractivity contribution in [2.45, 2.75) is 0 Å². The van der Waals surface area contributed by atoms with E-state index in [9.17, 15) is 14.4 Å². The smallest absolute Gasteiger partial charge is 0.256 e. The Hall–Kier alpha value is -1.88. The van der Waals surface area contributed by atoms with Crippen molar-refractivity contribution in [3.05, 3.63) is 34.9 Å². The van der Waals surface area contributed by atoms with E-state index in [0.717, 1.165) is 0 Å². The highest BCUT2D eigenvalue weighted by atomic mass is 35.5. The van der Waals surface area contributed by atoms with Crippen molar-refractivity contribution in [1.82, 2.24) is 10.2 Å². The zero-order valence-corrected chi connectivity index (χ0v) is 9.53. The Morgan fingerprint density at radius 3 is 2.35 bits per heavy atom. The molecular formula is C11H9ClN2O3. The number of rotatable bonds is 1. The molecule has 1 fully saturated rings. The van der Waals surface area contributed by atoms with Gasteiger partial charge < -0.3 is 4.90 Å². The predicted octanol–water partition coefficient (Wildman–Crippen LogP) is 0.439. The lowest BCUT2D eigenvalue weighted by molar-refractivity contribution is -0.135. The van der Waals surface area contributed by atoms with Gasteiger partial charge in [0.25, 0.3) is 5.91 Å². The standard InChI is InChI=1S/C11H9ClN2O3/c12-8-4-2-1-3-7(8)11(17)14-5-9(15)13-10(16)6-14/h1-4H,5-6H2,(H,13,15,16). The van der Waals surface area contributed by atoms with Crippen LogP contribution in [0, 0.1) is 0 Å². The fourth-order valence-corrected chi connectivity index (χ4v) is 1.80. The van der Waals surface area contributed by atoms with Crippen molar-refractivity contribution in [3.63, 3.8) is 0 Å². The van der Waals surface area contributed by atoms with Crippen LogP contribution in [0.2, 0.25) is 5.02 Å². The number of halogens is 1. The van der Waals surface area contributed by atoms with E-state index in [1.807, 2.05) is 0 Å². The molecule has 0 atom stereocenters. The van der Waals surface area contributed by atoms with Gasteiger partial charge in [-0.3, -0.25) is 19.7 Å². The monoisotopic (exact) mass is 252 g/mol.